The zero-order valence-electron chi connectivity index (χ0n) is 6.40. The van der Waals surface area contributed by atoms with Crippen LogP contribution >= 0.6 is 0 Å². The minimum atomic E-state index is -0.961. The quantitative estimate of drug-likeness (QED) is 0.504. The molecule has 0 heterocycles. The van der Waals surface area contributed by atoms with Gasteiger partial charge in [0.25, 0.3) is 0 Å². The van der Waals surface area contributed by atoms with Crippen molar-refractivity contribution in [3.63, 3.8) is 0 Å². The van der Waals surface area contributed by atoms with Crippen molar-refractivity contribution in [3.8, 4) is 0 Å². The maximum Gasteiger partial charge on any atom is 0.328 e. The van der Waals surface area contributed by atoms with Crippen LogP contribution < -0.4 is 5.46 Å². The number of hydrogen-bond acceptors (Lipinski definition) is 1. The summed E-state index contributed by atoms with van der Waals surface area (Å²) in [6.07, 6.45) is 2.58. The van der Waals surface area contributed by atoms with Gasteiger partial charge >= 0.3 is 5.97 Å². The summed E-state index contributed by atoms with van der Waals surface area (Å²) in [6.45, 7) is 0. The maximum atomic E-state index is 10.1. The molecule has 0 saturated heterocycles. The normalized spacial score (nSPS) is 10.3. The summed E-state index contributed by atoms with van der Waals surface area (Å²) in [5.74, 6) is -0.961. The highest BCUT2D eigenvalue weighted by Crippen LogP contribution is 1.98. The Kier molecular flexibility index (Phi) is 2.69. The fourth-order valence-electron chi connectivity index (χ4n) is 0.830. The lowest BCUT2D eigenvalue weighted by molar-refractivity contribution is -0.131. The molecule has 2 radical (unpaired) electrons. The van der Waals surface area contributed by atoms with Crippen molar-refractivity contribution in [2.75, 3.05) is 0 Å². The molecule has 0 atom stereocenters. The van der Waals surface area contributed by atoms with E-state index in [0.717, 1.165) is 11.6 Å². The van der Waals surface area contributed by atoms with Crippen LogP contribution in [0.1, 0.15) is 5.56 Å². The van der Waals surface area contributed by atoms with Gasteiger partial charge in [0.2, 0.25) is 0 Å². The van der Waals surface area contributed by atoms with Crippen molar-refractivity contribution in [3.05, 3.63) is 35.9 Å². The molecule has 0 unspecified atom stereocenters. The van der Waals surface area contributed by atoms with Crippen molar-refractivity contribution in [2.45, 2.75) is 0 Å². The Balaban J connectivity index is 2.83. The SMILES string of the molecule is [B]c1cccc(/C=C/C(=O)O)c1. The monoisotopic (exact) mass is 158 g/mol. The fourth-order valence-corrected chi connectivity index (χ4v) is 0.830. The van der Waals surface area contributed by atoms with Gasteiger partial charge in [-0.25, -0.2) is 4.79 Å². The highest BCUT2D eigenvalue weighted by atomic mass is 16.4. The third-order valence-electron chi connectivity index (χ3n) is 1.33. The van der Waals surface area contributed by atoms with E-state index in [1.807, 2.05) is 0 Å². The summed E-state index contributed by atoms with van der Waals surface area (Å²) in [4.78, 5) is 10.1. The molecule has 58 valence electrons. The van der Waals surface area contributed by atoms with Gasteiger partial charge in [0.1, 0.15) is 7.85 Å². The first kappa shape index (κ1) is 8.59. The van der Waals surface area contributed by atoms with Gasteiger partial charge in [-0.05, 0) is 11.6 Å². The van der Waals surface area contributed by atoms with E-state index >= 15 is 0 Å². The lowest BCUT2D eigenvalue weighted by atomic mass is 9.94. The standard InChI is InChI=1S/C9H7BO2/c10-8-3-1-2-7(6-8)4-5-9(11)12/h1-6H,(H,11,12)/b5-4+. The molecule has 0 amide bonds. The molecule has 1 N–H and O–H groups in total. The molecule has 1 aromatic rings. The Morgan fingerprint density at radius 1 is 1.50 bits per heavy atom. The van der Waals surface area contributed by atoms with Crippen LogP contribution in [0.15, 0.2) is 30.3 Å². The number of benzene rings is 1. The fraction of sp³-hybridized carbons (Fsp3) is 0. The van der Waals surface area contributed by atoms with E-state index in [-0.39, 0.29) is 0 Å². The minimum Gasteiger partial charge on any atom is -0.478 e. The zero-order chi connectivity index (χ0) is 8.97. The van der Waals surface area contributed by atoms with E-state index in [1.165, 1.54) is 6.08 Å². The number of hydrogen-bond donors (Lipinski definition) is 1. The van der Waals surface area contributed by atoms with Gasteiger partial charge in [0, 0.05) is 6.08 Å². The van der Waals surface area contributed by atoms with E-state index < -0.39 is 5.97 Å². The first-order valence-electron chi connectivity index (χ1n) is 3.45. The van der Waals surface area contributed by atoms with Crippen LogP contribution in [0.5, 0.6) is 0 Å². The second-order valence-corrected chi connectivity index (χ2v) is 2.34. The molecule has 2 nitrogen and oxygen atoms in total. The largest absolute Gasteiger partial charge is 0.478 e. The third-order valence-corrected chi connectivity index (χ3v) is 1.33. The average molecular weight is 158 g/mol. The van der Waals surface area contributed by atoms with E-state index in [4.69, 9.17) is 13.0 Å². The lowest BCUT2D eigenvalue weighted by Crippen LogP contribution is -2.00. The summed E-state index contributed by atoms with van der Waals surface area (Å²) in [5, 5.41) is 8.33. The average Bonchev–Trinajstić information content (AvgIpc) is 2.01. The second kappa shape index (κ2) is 3.76. The first-order valence-corrected chi connectivity index (χ1v) is 3.45. The molecule has 0 aliphatic heterocycles. The molecule has 0 aromatic heterocycles. The molecule has 0 aliphatic carbocycles. The van der Waals surface area contributed by atoms with Gasteiger partial charge in [-0.3, -0.25) is 0 Å². The molecule has 0 bridgehead atoms. The molecule has 12 heavy (non-hydrogen) atoms. The second-order valence-electron chi connectivity index (χ2n) is 2.34. The Morgan fingerprint density at radius 2 is 2.25 bits per heavy atom. The lowest BCUT2D eigenvalue weighted by Gasteiger charge is -1.93. The van der Waals surface area contributed by atoms with Crippen LogP contribution in [-0.2, 0) is 4.79 Å². The van der Waals surface area contributed by atoms with Crippen molar-refractivity contribution in [1.82, 2.24) is 0 Å². The van der Waals surface area contributed by atoms with Crippen molar-refractivity contribution >= 4 is 25.4 Å². The highest BCUT2D eigenvalue weighted by molar-refractivity contribution is 6.32. The molecule has 0 fully saturated rings. The summed E-state index contributed by atoms with van der Waals surface area (Å²) in [5.41, 5.74) is 1.42. The van der Waals surface area contributed by atoms with Gasteiger partial charge in [0.15, 0.2) is 0 Å². The predicted molar refractivity (Wildman–Crippen MR) is 48.5 cm³/mol. The number of carboxylic acid groups (broad SMARTS) is 1. The summed E-state index contributed by atoms with van der Waals surface area (Å²) in [6, 6.07) is 7.02. The van der Waals surface area contributed by atoms with Crippen LogP contribution in [-0.4, -0.2) is 18.9 Å². The van der Waals surface area contributed by atoms with E-state index in [9.17, 15) is 4.79 Å². The maximum absolute atomic E-state index is 10.1. The van der Waals surface area contributed by atoms with Crippen LogP contribution in [0.2, 0.25) is 0 Å². The summed E-state index contributed by atoms with van der Waals surface area (Å²) < 4.78 is 0. The van der Waals surface area contributed by atoms with Gasteiger partial charge < -0.3 is 5.11 Å². The molecule has 1 aromatic carbocycles. The van der Waals surface area contributed by atoms with Gasteiger partial charge in [-0.2, -0.15) is 0 Å². The highest BCUT2D eigenvalue weighted by Gasteiger charge is 1.88. The van der Waals surface area contributed by atoms with E-state index in [2.05, 4.69) is 0 Å². The van der Waals surface area contributed by atoms with E-state index in [0.29, 0.717) is 5.46 Å². The zero-order valence-corrected chi connectivity index (χ0v) is 6.40. The van der Waals surface area contributed by atoms with Crippen molar-refractivity contribution in [2.24, 2.45) is 0 Å². The Hall–Kier alpha value is -1.51. The predicted octanol–water partition coefficient (Wildman–Crippen LogP) is 0.578. The topological polar surface area (TPSA) is 37.3 Å². The van der Waals surface area contributed by atoms with Crippen LogP contribution in [0.4, 0.5) is 0 Å². The number of aliphatic carboxylic acids is 1. The number of carboxylic acids is 1. The Bertz CT molecular complexity index is 318. The van der Waals surface area contributed by atoms with Crippen molar-refractivity contribution < 1.29 is 9.90 Å². The molecule has 3 heteroatoms. The Labute approximate surface area is 71.9 Å². The summed E-state index contributed by atoms with van der Waals surface area (Å²) in [7, 11) is 5.48. The smallest absolute Gasteiger partial charge is 0.328 e. The summed E-state index contributed by atoms with van der Waals surface area (Å²) >= 11 is 0. The van der Waals surface area contributed by atoms with Crippen LogP contribution in [0.3, 0.4) is 0 Å². The van der Waals surface area contributed by atoms with Gasteiger partial charge in [-0.1, -0.05) is 29.7 Å². The minimum absolute atomic E-state index is 0.627. The third kappa shape index (κ3) is 2.62. The Morgan fingerprint density at radius 3 is 2.83 bits per heavy atom. The number of rotatable bonds is 2. The van der Waals surface area contributed by atoms with Gasteiger partial charge in [0.05, 0.1) is 0 Å². The molecule has 0 spiro atoms. The first-order chi connectivity index (χ1) is 5.68. The van der Waals surface area contributed by atoms with Crippen LogP contribution in [0.25, 0.3) is 6.08 Å². The van der Waals surface area contributed by atoms with E-state index in [1.54, 1.807) is 24.3 Å². The molecular formula is C9H7BO2. The molecular weight excluding hydrogens is 151 g/mol. The van der Waals surface area contributed by atoms with Crippen LogP contribution in [0, 0.1) is 0 Å². The molecule has 1 rings (SSSR count). The van der Waals surface area contributed by atoms with Crippen molar-refractivity contribution in [1.29, 1.82) is 0 Å². The number of carbonyl (C=O) groups is 1. The molecule has 0 aliphatic rings. The van der Waals surface area contributed by atoms with Gasteiger partial charge in [-0.15, -0.1) is 0 Å². The molecule has 0 saturated carbocycles.